The Morgan fingerprint density at radius 2 is 2.00 bits per heavy atom. The lowest BCUT2D eigenvalue weighted by atomic mass is 9.63. The summed E-state index contributed by atoms with van der Waals surface area (Å²) < 4.78 is 0. The molecule has 1 atom stereocenters. The summed E-state index contributed by atoms with van der Waals surface area (Å²) in [6.45, 7) is 0.618. The van der Waals surface area contributed by atoms with E-state index in [0.29, 0.717) is 16.6 Å². The summed E-state index contributed by atoms with van der Waals surface area (Å²) in [5.74, 6) is 0. The molecule has 0 aromatic heterocycles. The summed E-state index contributed by atoms with van der Waals surface area (Å²) in [6, 6.07) is 5.38. The molecule has 0 spiro atoms. The normalized spacial score (nSPS) is 20.2. The van der Waals surface area contributed by atoms with E-state index in [1.54, 1.807) is 6.07 Å². The van der Waals surface area contributed by atoms with Gasteiger partial charge in [0, 0.05) is 21.5 Å². The zero-order chi connectivity index (χ0) is 11.8. The van der Waals surface area contributed by atoms with E-state index >= 15 is 0 Å². The van der Waals surface area contributed by atoms with Crippen LogP contribution in [-0.4, -0.2) is 6.54 Å². The molecule has 1 aliphatic rings. The molecule has 16 heavy (non-hydrogen) atoms. The van der Waals surface area contributed by atoms with Gasteiger partial charge in [0.1, 0.15) is 0 Å². The predicted octanol–water partition coefficient (Wildman–Crippen LogP) is 3.12. The van der Waals surface area contributed by atoms with E-state index in [-0.39, 0.29) is 11.5 Å². The number of halogens is 2. The molecule has 0 aliphatic heterocycles. The van der Waals surface area contributed by atoms with E-state index in [2.05, 4.69) is 0 Å². The van der Waals surface area contributed by atoms with E-state index in [4.69, 9.17) is 34.7 Å². The van der Waals surface area contributed by atoms with Crippen LogP contribution in [0.1, 0.15) is 30.9 Å². The second kappa shape index (κ2) is 4.53. The van der Waals surface area contributed by atoms with Crippen molar-refractivity contribution in [3.63, 3.8) is 0 Å². The lowest BCUT2D eigenvalue weighted by molar-refractivity contribution is 0.105. The van der Waals surface area contributed by atoms with Crippen LogP contribution in [0.15, 0.2) is 18.2 Å². The van der Waals surface area contributed by atoms with E-state index in [9.17, 15) is 0 Å². The highest BCUT2D eigenvalue weighted by molar-refractivity contribution is 6.35. The molecule has 1 fully saturated rings. The first-order valence-electron chi connectivity index (χ1n) is 5.50. The topological polar surface area (TPSA) is 52.0 Å². The third-order valence-electron chi connectivity index (χ3n) is 3.71. The van der Waals surface area contributed by atoms with Crippen LogP contribution in [-0.2, 0) is 0 Å². The highest BCUT2D eigenvalue weighted by Gasteiger charge is 2.42. The molecule has 4 N–H and O–H groups in total. The summed E-state index contributed by atoms with van der Waals surface area (Å²) >= 11 is 12.0. The Kier molecular flexibility index (Phi) is 3.45. The highest BCUT2D eigenvalue weighted by atomic mass is 35.5. The van der Waals surface area contributed by atoms with E-state index in [1.165, 1.54) is 6.42 Å². The third-order valence-corrected chi connectivity index (χ3v) is 4.28. The van der Waals surface area contributed by atoms with Crippen LogP contribution in [0.4, 0.5) is 0 Å². The minimum atomic E-state index is -0.0870. The Hall–Kier alpha value is -0.280. The maximum Gasteiger partial charge on any atom is 0.0468 e. The molecule has 0 saturated heterocycles. The van der Waals surface area contributed by atoms with Gasteiger partial charge in [-0.05, 0) is 37.1 Å². The molecule has 2 rings (SSSR count). The fourth-order valence-corrected chi connectivity index (χ4v) is 2.88. The molecule has 0 radical (unpaired) electrons. The van der Waals surface area contributed by atoms with Crippen molar-refractivity contribution in [2.45, 2.75) is 25.3 Å². The fourth-order valence-electron chi connectivity index (χ4n) is 2.36. The van der Waals surface area contributed by atoms with Crippen molar-refractivity contribution in [1.82, 2.24) is 0 Å². The average molecular weight is 259 g/mol. The second-order valence-corrected chi connectivity index (χ2v) is 5.41. The van der Waals surface area contributed by atoms with Gasteiger partial charge in [-0.1, -0.05) is 35.7 Å². The summed E-state index contributed by atoms with van der Waals surface area (Å²) in [5.41, 5.74) is 13.1. The largest absolute Gasteiger partial charge is 0.330 e. The van der Waals surface area contributed by atoms with Crippen LogP contribution < -0.4 is 11.5 Å². The quantitative estimate of drug-likeness (QED) is 0.876. The van der Waals surface area contributed by atoms with Crippen LogP contribution in [0, 0.1) is 5.41 Å². The molecule has 1 aromatic carbocycles. The lowest BCUT2D eigenvalue weighted by Crippen LogP contribution is -2.46. The SMILES string of the molecule is NCC1(C(N)c2ccc(Cl)cc2Cl)CCC1. The molecular formula is C12H16Cl2N2. The molecule has 1 saturated carbocycles. The first-order valence-corrected chi connectivity index (χ1v) is 6.25. The van der Waals surface area contributed by atoms with E-state index in [0.717, 1.165) is 18.4 Å². The minimum absolute atomic E-state index is 0.0392. The Morgan fingerprint density at radius 3 is 2.44 bits per heavy atom. The van der Waals surface area contributed by atoms with Gasteiger partial charge in [-0.15, -0.1) is 0 Å². The Morgan fingerprint density at radius 1 is 1.31 bits per heavy atom. The van der Waals surface area contributed by atoms with Crippen molar-refractivity contribution in [1.29, 1.82) is 0 Å². The minimum Gasteiger partial charge on any atom is -0.330 e. The van der Waals surface area contributed by atoms with Crippen LogP contribution >= 0.6 is 23.2 Å². The van der Waals surface area contributed by atoms with Gasteiger partial charge < -0.3 is 11.5 Å². The number of nitrogens with two attached hydrogens (primary N) is 2. The van der Waals surface area contributed by atoms with Gasteiger partial charge in [0.25, 0.3) is 0 Å². The maximum absolute atomic E-state index is 6.29. The molecule has 0 heterocycles. The van der Waals surface area contributed by atoms with Gasteiger partial charge in [-0.25, -0.2) is 0 Å². The zero-order valence-electron chi connectivity index (χ0n) is 9.05. The molecule has 0 bridgehead atoms. The van der Waals surface area contributed by atoms with Gasteiger partial charge in [-0.2, -0.15) is 0 Å². The van der Waals surface area contributed by atoms with Crippen molar-refractivity contribution in [2.24, 2.45) is 16.9 Å². The Labute approximate surface area is 106 Å². The molecule has 0 amide bonds. The van der Waals surface area contributed by atoms with Gasteiger partial charge in [-0.3, -0.25) is 0 Å². The first kappa shape index (κ1) is 12.2. The maximum atomic E-state index is 6.29. The first-order chi connectivity index (χ1) is 7.59. The van der Waals surface area contributed by atoms with Gasteiger partial charge in [0.2, 0.25) is 0 Å². The van der Waals surface area contributed by atoms with Crippen molar-refractivity contribution < 1.29 is 0 Å². The molecular weight excluding hydrogens is 243 g/mol. The third kappa shape index (κ3) is 1.95. The van der Waals surface area contributed by atoms with Crippen LogP contribution in [0.25, 0.3) is 0 Å². The van der Waals surface area contributed by atoms with E-state index < -0.39 is 0 Å². The van der Waals surface area contributed by atoms with Gasteiger partial charge in [0.15, 0.2) is 0 Å². The van der Waals surface area contributed by atoms with E-state index in [1.807, 2.05) is 12.1 Å². The smallest absolute Gasteiger partial charge is 0.0468 e. The molecule has 1 aromatic rings. The number of hydrogen-bond donors (Lipinski definition) is 2. The Bertz CT molecular complexity index is 383. The number of benzene rings is 1. The van der Waals surface area contributed by atoms with Crippen molar-refractivity contribution in [3.8, 4) is 0 Å². The zero-order valence-corrected chi connectivity index (χ0v) is 10.6. The Balaban J connectivity index is 2.29. The molecule has 4 heteroatoms. The summed E-state index contributed by atoms with van der Waals surface area (Å²) in [4.78, 5) is 0. The van der Waals surface area contributed by atoms with Crippen molar-refractivity contribution >= 4 is 23.2 Å². The molecule has 2 nitrogen and oxygen atoms in total. The van der Waals surface area contributed by atoms with Crippen molar-refractivity contribution in [2.75, 3.05) is 6.54 Å². The average Bonchev–Trinajstić information content (AvgIpc) is 2.16. The number of rotatable bonds is 3. The summed E-state index contributed by atoms with van der Waals surface area (Å²) in [5, 5.41) is 1.27. The standard InChI is InChI=1S/C12H16Cl2N2/c13-8-2-3-9(10(14)6-8)11(16)12(7-15)4-1-5-12/h2-3,6,11H,1,4-5,7,15-16H2. The lowest BCUT2D eigenvalue weighted by Gasteiger charge is -2.46. The molecule has 88 valence electrons. The summed E-state index contributed by atoms with van der Waals surface area (Å²) in [6.07, 6.45) is 3.38. The van der Waals surface area contributed by atoms with Crippen molar-refractivity contribution in [3.05, 3.63) is 33.8 Å². The van der Waals surface area contributed by atoms with Gasteiger partial charge >= 0.3 is 0 Å². The monoisotopic (exact) mass is 258 g/mol. The second-order valence-electron chi connectivity index (χ2n) is 4.56. The van der Waals surface area contributed by atoms with Gasteiger partial charge in [0.05, 0.1) is 0 Å². The van der Waals surface area contributed by atoms with Crippen LogP contribution in [0.3, 0.4) is 0 Å². The highest BCUT2D eigenvalue weighted by Crippen LogP contribution is 2.49. The van der Waals surface area contributed by atoms with Crippen LogP contribution in [0.5, 0.6) is 0 Å². The molecule has 1 aliphatic carbocycles. The summed E-state index contributed by atoms with van der Waals surface area (Å²) in [7, 11) is 0. The fraction of sp³-hybridized carbons (Fsp3) is 0.500. The molecule has 1 unspecified atom stereocenters. The predicted molar refractivity (Wildman–Crippen MR) is 68.7 cm³/mol. The number of hydrogen-bond acceptors (Lipinski definition) is 2. The van der Waals surface area contributed by atoms with Crippen LogP contribution in [0.2, 0.25) is 10.0 Å².